The molecule has 2 N–H and O–H groups in total. The molecule has 2 aromatic carbocycles. The molecule has 1 aromatic heterocycles. The lowest BCUT2D eigenvalue weighted by Crippen LogP contribution is -2.25. The smallest absolute Gasteiger partial charge is 0.251 e. The highest BCUT2D eigenvalue weighted by molar-refractivity contribution is 6.30. The summed E-state index contributed by atoms with van der Waals surface area (Å²) in [4.78, 5) is 12.9. The third-order valence-corrected chi connectivity index (χ3v) is 5.63. The first-order valence-electron chi connectivity index (χ1n) is 10.3. The van der Waals surface area contributed by atoms with Gasteiger partial charge in [-0.05, 0) is 77.7 Å². The van der Waals surface area contributed by atoms with Crippen LogP contribution in [0.25, 0.3) is 5.69 Å². The summed E-state index contributed by atoms with van der Waals surface area (Å²) in [5.41, 5.74) is 4.30. The number of amides is 1. The predicted octanol–water partition coefficient (Wildman–Crippen LogP) is 4.30. The number of anilines is 1. The van der Waals surface area contributed by atoms with Crippen LogP contribution in [0.3, 0.4) is 0 Å². The second-order valence-electron chi connectivity index (χ2n) is 7.78. The van der Waals surface area contributed by atoms with Crippen LogP contribution in [-0.2, 0) is 6.54 Å². The van der Waals surface area contributed by atoms with Gasteiger partial charge in [-0.25, -0.2) is 4.68 Å². The first kappa shape index (κ1) is 20.3. The second kappa shape index (κ2) is 9.26. The van der Waals surface area contributed by atoms with Crippen molar-refractivity contribution in [2.24, 2.45) is 0 Å². The molecular weight excluding hydrogens is 400 g/mol. The Labute approximate surface area is 180 Å². The Balaban J connectivity index is 1.47. The van der Waals surface area contributed by atoms with Crippen molar-refractivity contribution < 1.29 is 4.79 Å². The number of rotatable bonds is 6. The van der Waals surface area contributed by atoms with Gasteiger partial charge in [0.1, 0.15) is 6.33 Å². The number of benzene rings is 2. The summed E-state index contributed by atoms with van der Waals surface area (Å²) in [6.07, 6.45) is 7.72. The molecular formula is C22H25ClN6O. The first-order valence-corrected chi connectivity index (χ1v) is 10.6. The molecule has 8 heteroatoms. The highest BCUT2D eigenvalue weighted by Crippen LogP contribution is 2.23. The van der Waals surface area contributed by atoms with Gasteiger partial charge in [0.25, 0.3) is 5.91 Å². The number of halogens is 1. The van der Waals surface area contributed by atoms with Crippen molar-refractivity contribution in [2.45, 2.75) is 51.6 Å². The Kier molecular flexibility index (Phi) is 6.28. The fourth-order valence-electron chi connectivity index (χ4n) is 3.95. The van der Waals surface area contributed by atoms with E-state index in [0.29, 0.717) is 23.2 Å². The van der Waals surface area contributed by atoms with Crippen molar-refractivity contribution in [2.75, 3.05) is 5.32 Å². The largest absolute Gasteiger partial charge is 0.382 e. The molecule has 0 unspecified atom stereocenters. The van der Waals surface area contributed by atoms with Gasteiger partial charge in [0.15, 0.2) is 0 Å². The average molecular weight is 425 g/mol. The lowest BCUT2D eigenvalue weighted by molar-refractivity contribution is 0.0951. The molecule has 1 aliphatic carbocycles. The number of carbonyl (C=O) groups is 1. The zero-order valence-electron chi connectivity index (χ0n) is 16.9. The molecule has 4 rings (SSSR count). The summed E-state index contributed by atoms with van der Waals surface area (Å²) in [5.74, 6) is -0.131. The van der Waals surface area contributed by atoms with Crippen LogP contribution in [0.4, 0.5) is 5.69 Å². The minimum Gasteiger partial charge on any atom is -0.382 e. The number of carbonyl (C=O) groups excluding carboxylic acids is 1. The molecule has 1 aliphatic rings. The summed E-state index contributed by atoms with van der Waals surface area (Å²) in [5, 5.41) is 18.5. The minimum atomic E-state index is -0.131. The van der Waals surface area contributed by atoms with Crippen molar-refractivity contribution in [3.05, 3.63) is 64.4 Å². The van der Waals surface area contributed by atoms with Gasteiger partial charge >= 0.3 is 0 Å². The molecule has 0 radical (unpaired) electrons. The number of nitrogens with zero attached hydrogens (tertiary/aromatic N) is 4. The van der Waals surface area contributed by atoms with Gasteiger partial charge in [0, 0.05) is 28.9 Å². The highest BCUT2D eigenvalue weighted by atomic mass is 35.5. The molecule has 1 heterocycles. The van der Waals surface area contributed by atoms with Gasteiger partial charge in [-0.2, -0.15) is 0 Å². The van der Waals surface area contributed by atoms with E-state index in [0.717, 1.165) is 22.5 Å². The maximum absolute atomic E-state index is 12.9. The summed E-state index contributed by atoms with van der Waals surface area (Å²) < 4.78 is 1.55. The van der Waals surface area contributed by atoms with Crippen molar-refractivity contribution in [3.8, 4) is 5.69 Å². The number of aryl methyl sites for hydroxylation is 1. The molecule has 30 heavy (non-hydrogen) atoms. The molecule has 0 atom stereocenters. The van der Waals surface area contributed by atoms with Crippen molar-refractivity contribution in [1.29, 1.82) is 0 Å². The van der Waals surface area contributed by atoms with Gasteiger partial charge in [0.05, 0.1) is 5.69 Å². The quantitative estimate of drug-likeness (QED) is 0.616. The fourth-order valence-corrected chi connectivity index (χ4v) is 4.14. The Morgan fingerprint density at radius 3 is 2.77 bits per heavy atom. The Bertz CT molecular complexity index is 1010. The zero-order valence-corrected chi connectivity index (χ0v) is 17.7. The highest BCUT2D eigenvalue weighted by Gasteiger charge is 2.15. The zero-order chi connectivity index (χ0) is 20.9. The number of tetrazole rings is 1. The number of nitrogens with one attached hydrogen (secondary N) is 2. The van der Waals surface area contributed by atoms with E-state index < -0.39 is 0 Å². The molecule has 0 saturated heterocycles. The Morgan fingerprint density at radius 2 is 2.00 bits per heavy atom. The van der Waals surface area contributed by atoms with Gasteiger partial charge in [-0.15, -0.1) is 5.10 Å². The normalized spacial score (nSPS) is 14.5. The standard InChI is InChI=1S/C22H25ClN6O/c1-15-9-16(12-20(10-15)26-19-5-3-2-4-6-19)22(30)24-13-17-11-18(23)7-8-21(17)29-14-25-27-28-29/h7-12,14,19,26H,2-6,13H2,1H3,(H,24,30). The van der Waals surface area contributed by atoms with Gasteiger partial charge in [0.2, 0.25) is 0 Å². The topological polar surface area (TPSA) is 84.7 Å². The van der Waals surface area contributed by atoms with Crippen LogP contribution < -0.4 is 10.6 Å². The lowest BCUT2D eigenvalue weighted by Gasteiger charge is -2.24. The van der Waals surface area contributed by atoms with Crippen molar-refractivity contribution in [1.82, 2.24) is 25.5 Å². The number of hydrogen-bond donors (Lipinski definition) is 2. The third kappa shape index (κ3) is 4.97. The van der Waals surface area contributed by atoms with Gasteiger partial charge in [-0.3, -0.25) is 4.79 Å². The third-order valence-electron chi connectivity index (χ3n) is 5.39. The van der Waals surface area contributed by atoms with Gasteiger partial charge in [-0.1, -0.05) is 30.9 Å². The monoisotopic (exact) mass is 424 g/mol. The van der Waals surface area contributed by atoms with E-state index >= 15 is 0 Å². The summed E-state index contributed by atoms with van der Waals surface area (Å²) in [6, 6.07) is 11.8. The van der Waals surface area contributed by atoms with E-state index in [1.54, 1.807) is 10.7 Å². The predicted molar refractivity (Wildman–Crippen MR) is 117 cm³/mol. The van der Waals surface area contributed by atoms with Crippen LogP contribution in [-0.4, -0.2) is 32.2 Å². The maximum Gasteiger partial charge on any atom is 0.251 e. The molecule has 1 saturated carbocycles. The number of aromatic nitrogens is 4. The van der Waals surface area contributed by atoms with E-state index in [1.165, 1.54) is 38.4 Å². The maximum atomic E-state index is 12.9. The number of hydrogen-bond acceptors (Lipinski definition) is 5. The fraction of sp³-hybridized carbons (Fsp3) is 0.364. The van der Waals surface area contributed by atoms with Crippen LogP contribution >= 0.6 is 11.6 Å². The van der Waals surface area contributed by atoms with Crippen LogP contribution in [0.5, 0.6) is 0 Å². The second-order valence-corrected chi connectivity index (χ2v) is 8.21. The Hall–Kier alpha value is -2.93. The molecule has 156 valence electrons. The van der Waals surface area contributed by atoms with Crippen molar-refractivity contribution in [3.63, 3.8) is 0 Å². The molecule has 0 spiro atoms. The van der Waals surface area contributed by atoms with E-state index in [1.807, 2.05) is 31.2 Å². The first-order chi connectivity index (χ1) is 14.6. The van der Waals surface area contributed by atoms with E-state index in [4.69, 9.17) is 11.6 Å². The Morgan fingerprint density at radius 1 is 1.17 bits per heavy atom. The molecule has 0 aliphatic heterocycles. The van der Waals surface area contributed by atoms with E-state index in [-0.39, 0.29) is 5.91 Å². The molecule has 1 amide bonds. The molecule has 7 nitrogen and oxygen atoms in total. The van der Waals surface area contributed by atoms with Crippen LogP contribution in [0.2, 0.25) is 5.02 Å². The van der Waals surface area contributed by atoms with Crippen LogP contribution in [0, 0.1) is 6.92 Å². The lowest BCUT2D eigenvalue weighted by atomic mass is 9.95. The van der Waals surface area contributed by atoms with Crippen LogP contribution in [0.1, 0.15) is 53.6 Å². The molecule has 0 bridgehead atoms. The van der Waals surface area contributed by atoms with Crippen LogP contribution in [0.15, 0.2) is 42.7 Å². The average Bonchev–Trinajstić information content (AvgIpc) is 3.27. The molecule has 1 fully saturated rings. The van der Waals surface area contributed by atoms with E-state index in [2.05, 4.69) is 32.2 Å². The summed E-state index contributed by atoms with van der Waals surface area (Å²) >= 11 is 6.16. The SMILES string of the molecule is Cc1cc(NC2CCCCC2)cc(C(=O)NCc2cc(Cl)ccc2-n2cnnn2)c1. The minimum absolute atomic E-state index is 0.131. The van der Waals surface area contributed by atoms with Crippen molar-refractivity contribution >= 4 is 23.2 Å². The van der Waals surface area contributed by atoms with E-state index in [9.17, 15) is 4.79 Å². The summed E-state index contributed by atoms with van der Waals surface area (Å²) in [6.45, 7) is 2.32. The molecule has 3 aromatic rings. The van der Waals surface area contributed by atoms with Gasteiger partial charge < -0.3 is 10.6 Å². The summed E-state index contributed by atoms with van der Waals surface area (Å²) in [7, 11) is 0.